The van der Waals surface area contributed by atoms with E-state index in [2.05, 4.69) is 27.4 Å². The number of carbonyl (C=O) groups excluding carboxylic acids is 1. The van der Waals surface area contributed by atoms with Crippen LogP contribution in [0.4, 0.5) is 0 Å². The van der Waals surface area contributed by atoms with Crippen LogP contribution in [0.25, 0.3) is 0 Å². The van der Waals surface area contributed by atoms with Crippen molar-refractivity contribution in [3.05, 3.63) is 35.4 Å². The Hall–Kier alpha value is -2.08. The lowest BCUT2D eigenvalue weighted by atomic mass is 10.1. The van der Waals surface area contributed by atoms with Crippen LogP contribution in [0.1, 0.15) is 42.1 Å². The summed E-state index contributed by atoms with van der Waals surface area (Å²) in [6.45, 7) is 7.82. The number of benzene rings is 1. The number of guanidine groups is 1. The molecule has 1 aromatic carbocycles. The molecule has 1 amide bonds. The monoisotopic (exact) mass is 331 g/mol. The number of primary amides is 1. The Bertz CT molecular complexity index is 535. The first-order valence-corrected chi connectivity index (χ1v) is 8.82. The van der Waals surface area contributed by atoms with Crippen molar-refractivity contribution in [1.29, 1.82) is 0 Å². The number of likely N-dealkylation sites (tertiary alicyclic amines) is 1. The molecular formula is C18H29N5O. The van der Waals surface area contributed by atoms with Gasteiger partial charge >= 0.3 is 0 Å². The Balaban J connectivity index is 1.81. The number of hydrogen-bond acceptors (Lipinski definition) is 3. The van der Waals surface area contributed by atoms with Crippen molar-refractivity contribution in [3.63, 3.8) is 0 Å². The lowest BCUT2D eigenvalue weighted by Gasteiger charge is -2.26. The van der Waals surface area contributed by atoms with Crippen molar-refractivity contribution in [2.45, 2.75) is 32.7 Å². The van der Waals surface area contributed by atoms with Crippen LogP contribution in [0.2, 0.25) is 0 Å². The second-order valence-corrected chi connectivity index (χ2v) is 6.09. The number of nitrogens with one attached hydrogen (secondary N) is 2. The molecule has 0 saturated carbocycles. The maximum atomic E-state index is 11.1. The van der Waals surface area contributed by atoms with E-state index in [-0.39, 0.29) is 0 Å². The molecule has 1 saturated heterocycles. The van der Waals surface area contributed by atoms with Crippen molar-refractivity contribution >= 4 is 11.9 Å². The van der Waals surface area contributed by atoms with Crippen LogP contribution in [-0.2, 0) is 6.54 Å². The van der Waals surface area contributed by atoms with Gasteiger partial charge < -0.3 is 21.3 Å². The normalized spacial score (nSPS) is 16.0. The van der Waals surface area contributed by atoms with Gasteiger partial charge in [-0.25, -0.2) is 4.99 Å². The molecule has 0 radical (unpaired) electrons. The fourth-order valence-corrected chi connectivity index (χ4v) is 2.80. The fourth-order valence-electron chi connectivity index (χ4n) is 2.80. The Morgan fingerprint density at radius 3 is 2.50 bits per heavy atom. The quantitative estimate of drug-likeness (QED) is 0.520. The molecule has 1 heterocycles. The third-order valence-corrected chi connectivity index (χ3v) is 4.17. The topological polar surface area (TPSA) is 82.7 Å². The van der Waals surface area contributed by atoms with Gasteiger partial charge in [-0.3, -0.25) is 4.79 Å². The van der Waals surface area contributed by atoms with E-state index in [0.717, 1.165) is 31.2 Å². The first kappa shape index (κ1) is 18.3. The van der Waals surface area contributed by atoms with Gasteiger partial charge in [-0.2, -0.15) is 0 Å². The summed E-state index contributed by atoms with van der Waals surface area (Å²) in [5.41, 5.74) is 6.82. The van der Waals surface area contributed by atoms with Gasteiger partial charge in [-0.15, -0.1) is 0 Å². The largest absolute Gasteiger partial charge is 0.366 e. The minimum atomic E-state index is -0.405. The number of nitrogens with two attached hydrogens (primary N) is 1. The smallest absolute Gasteiger partial charge is 0.248 e. The average Bonchev–Trinajstić information content (AvgIpc) is 2.61. The molecule has 0 aliphatic carbocycles. The van der Waals surface area contributed by atoms with Crippen LogP contribution in [0.3, 0.4) is 0 Å². The van der Waals surface area contributed by atoms with E-state index in [9.17, 15) is 4.79 Å². The number of amides is 1. The molecule has 132 valence electrons. The summed E-state index contributed by atoms with van der Waals surface area (Å²) in [4.78, 5) is 18.2. The molecule has 1 aromatic rings. The molecule has 0 unspecified atom stereocenters. The summed E-state index contributed by atoms with van der Waals surface area (Å²) < 4.78 is 0. The molecule has 0 aromatic heterocycles. The van der Waals surface area contributed by atoms with Crippen molar-refractivity contribution in [3.8, 4) is 0 Å². The average molecular weight is 331 g/mol. The van der Waals surface area contributed by atoms with E-state index in [4.69, 9.17) is 5.73 Å². The molecule has 6 heteroatoms. The van der Waals surface area contributed by atoms with Crippen molar-refractivity contribution < 1.29 is 4.79 Å². The van der Waals surface area contributed by atoms with Gasteiger partial charge in [0.2, 0.25) is 5.91 Å². The summed E-state index contributed by atoms with van der Waals surface area (Å²) in [6, 6.07) is 7.26. The van der Waals surface area contributed by atoms with E-state index in [1.807, 2.05) is 12.1 Å². The van der Waals surface area contributed by atoms with E-state index < -0.39 is 5.91 Å². The van der Waals surface area contributed by atoms with E-state index in [1.54, 1.807) is 12.1 Å². The van der Waals surface area contributed by atoms with Crippen LogP contribution in [0, 0.1) is 0 Å². The first-order valence-electron chi connectivity index (χ1n) is 8.82. The minimum absolute atomic E-state index is 0.405. The van der Waals surface area contributed by atoms with Crippen LogP contribution in [-0.4, -0.2) is 49.5 Å². The van der Waals surface area contributed by atoms with Gasteiger partial charge in [0.05, 0.1) is 6.54 Å². The Labute approximate surface area is 144 Å². The molecule has 1 aliphatic rings. The van der Waals surface area contributed by atoms with E-state index >= 15 is 0 Å². The number of hydrogen-bond donors (Lipinski definition) is 3. The maximum absolute atomic E-state index is 11.1. The first-order chi connectivity index (χ1) is 11.7. The van der Waals surface area contributed by atoms with Gasteiger partial charge in [-0.1, -0.05) is 18.6 Å². The Morgan fingerprint density at radius 1 is 1.17 bits per heavy atom. The summed E-state index contributed by atoms with van der Waals surface area (Å²) >= 11 is 0. The van der Waals surface area contributed by atoms with Crippen LogP contribution >= 0.6 is 0 Å². The van der Waals surface area contributed by atoms with Crippen LogP contribution in [0.5, 0.6) is 0 Å². The van der Waals surface area contributed by atoms with Crippen molar-refractivity contribution in [2.75, 3.05) is 32.7 Å². The van der Waals surface area contributed by atoms with Crippen LogP contribution < -0.4 is 16.4 Å². The third kappa shape index (κ3) is 6.20. The molecule has 1 fully saturated rings. The zero-order valence-electron chi connectivity index (χ0n) is 14.6. The number of nitrogens with zero attached hydrogens (tertiary/aromatic N) is 2. The summed E-state index contributed by atoms with van der Waals surface area (Å²) in [5, 5.41) is 6.66. The summed E-state index contributed by atoms with van der Waals surface area (Å²) in [6.07, 6.45) is 3.99. The van der Waals surface area contributed by atoms with Gasteiger partial charge in [0, 0.05) is 25.2 Å². The molecule has 4 N–H and O–H groups in total. The molecule has 1 aliphatic heterocycles. The third-order valence-electron chi connectivity index (χ3n) is 4.17. The number of rotatable bonds is 7. The Morgan fingerprint density at radius 2 is 1.88 bits per heavy atom. The predicted molar refractivity (Wildman–Crippen MR) is 98.1 cm³/mol. The number of piperidine rings is 1. The molecular weight excluding hydrogens is 302 g/mol. The lowest BCUT2D eigenvalue weighted by Crippen LogP contribution is -2.42. The van der Waals surface area contributed by atoms with Gasteiger partial charge in [-0.05, 0) is 50.6 Å². The zero-order chi connectivity index (χ0) is 17.2. The molecule has 2 rings (SSSR count). The Kier molecular flexibility index (Phi) is 7.55. The predicted octanol–water partition coefficient (Wildman–Crippen LogP) is 1.33. The molecule has 0 spiro atoms. The number of aliphatic imine (C=N–C) groups is 1. The summed E-state index contributed by atoms with van der Waals surface area (Å²) in [7, 11) is 0. The van der Waals surface area contributed by atoms with Gasteiger partial charge in [0.15, 0.2) is 5.96 Å². The fraction of sp³-hybridized carbons (Fsp3) is 0.556. The minimum Gasteiger partial charge on any atom is -0.366 e. The molecule has 24 heavy (non-hydrogen) atoms. The highest BCUT2D eigenvalue weighted by Crippen LogP contribution is 2.07. The highest BCUT2D eigenvalue weighted by atomic mass is 16.1. The molecule has 6 nitrogen and oxygen atoms in total. The maximum Gasteiger partial charge on any atom is 0.248 e. The lowest BCUT2D eigenvalue weighted by molar-refractivity contribution is 0.100. The van der Waals surface area contributed by atoms with Crippen molar-refractivity contribution in [2.24, 2.45) is 10.7 Å². The number of carbonyl (C=O) groups is 1. The van der Waals surface area contributed by atoms with Gasteiger partial charge in [0.25, 0.3) is 0 Å². The SMILES string of the molecule is CCNC(=NCc1ccc(C(N)=O)cc1)NCCN1CCCCC1. The second kappa shape index (κ2) is 9.93. The molecule has 0 bridgehead atoms. The van der Waals surface area contributed by atoms with Crippen LogP contribution in [0.15, 0.2) is 29.3 Å². The summed E-state index contributed by atoms with van der Waals surface area (Å²) in [5.74, 6) is 0.422. The van der Waals surface area contributed by atoms with E-state index in [0.29, 0.717) is 12.1 Å². The van der Waals surface area contributed by atoms with E-state index in [1.165, 1.54) is 32.4 Å². The van der Waals surface area contributed by atoms with Crippen molar-refractivity contribution in [1.82, 2.24) is 15.5 Å². The zero-order valence-corrected chi connectivity index (χ0v) is 14.6. The standard InChI is InChI=1S/C18H29N5O/c1-2-20-18(21-10-13-23-11-4-3-5-12-23)22-14-15-6-8-16(9-7-15)17(19)24/h6-9H,2-5,10-14H2,1H3,(H2,19,24)(H2,20,21,22). The second-order valence-electron chi connectivity index (χ2n) is 6.09. The molecule has 0 atom stereocenters. The van der Waals surface area contributed by atoms with Gasteiger partial charge in [0.1, 0.15) is 0 Å². The highest BCUT2D eigenvalue weighted by molar-refractivity contribution is 5.92. The highest BCUT2D eigenvalue weighted by Gasteiger charge is 2.09.